The van der Waals surface area contributed by atoms with Gasteiger partial charge in [0, 0.05) is 13.3 Å². The fraction of sp³-hybridized carbons (Fsp3) is 0.581. The Morgan fingerprint density at radius 2 is 1.77 bits per heavy atom. The van der Waals surface area contributed by atoms with Gasteiger partial charge >= 0.3 is 12.1 Å². The third-order valence-corrected chi connectivity index (χ3v) is 7.92. The molecule has 0 N–H and O–H groups in total. The topological polar surface area (TPSA) is 86.0 Å². The molecule has 0 aliphatic carbocycles. The average Bonchev–Trinajstić information content (AvgIpc) is 3.35. The van der Waals surface area contributed by atoms with E-state index in [-0.39, 0.29) is 12.3 Å². The number of carbonyl (C=O) groups excluding carboxylic acids is 3. The summed E-state index contributed by atoms with van der Waals surface area (Å²) in [6, 6.07) is 10.8. The fourth-order valence-electron chi connectivity index (χ4n) is 5.60. The molecule has 1 aliphatic heterocycles. The van der Waals surface area contributed by atoms with E-state index in [1.165, 1.54) is 31.1 Å². The van der Waals surface area contributed by atoms with Crippen LogP contribution in [0.25, 0.3) is 0 Å². The van der Waals surface area contributed by atoms with E-state index in [2.05, 4.69) is 22.9 Å². The number of hydrogen-bond acceptors (Lipinski definition) is 6. The molecule has 0 radical (unpaired) electrons. The molecule has 1 aromatic carbocycles. The van der Waals surface area contributed by atoms with Crippen LogP contribution < -0.4 is 0 Å². The first-order valence-corrected chi connectivity index (χ1v) is 14.8. The first-order chi connectivity index (χ1) is 18.5. The van der Waals surface area contributed by atoms with Gasteiger partial charge in [-0.1, -0.05) is 76.8 Å². The SMILES string of the molecule is CCCCCCCc1oc([C@@H](OC(C)=O)[C@H](Cc2ccccc2)C(=O)N2C(=O)OC(C)(C)[C@@H]2C(C)C)cc1Br. The van der Waals surface area contributed by atoms with E-state index in [4.69, 9.17) is 13.9 Å². The first kappa shape index (κ1) is 30.9. The first-order valence-electron chi connectivity index (χ1n) is 14.0. The Labute approximate surface area is 240 Å². The lowest BCUT2D eigenvalue weighted by atomic mass is 9.86. The zero-order chi connectivity index (χ0) is 28.7. The minimum absolute atomic E-state index is 0.0444. The maximum absolute atomic E-state index is 14.3. The third-order valence-electron chi connectivity index (χ3n) is 7.24. The molecule has 2 aromatic rings. The molecule has 1 fully saturated rings. The van der Waals surface area contributed by atoms with Gasteiger partial charge in [0.25, 0.3) is 0 Å². The van der Waals surface area contributed by atoms with Gasteiger partial charge in [-0.3, -0.25) is 9.59 Å². The van der Waals surface area contributed by atoms with Gasteiger partial charge < -0.3 is 13.9 Å². The molecule has 0 spiro atoms. The molecule has 7 nitrogen and oxygen atoms in total. The minimum Gasteiger partial charge on any atom is -0.461 e. The van der Waals surface area contributed by atoms with Crippen molar-refractivity contribution in [3.8, 4) is 0 Å². The highest BCUT2D eigenvalue weighted by atomic mass is 79.9. The van der Waals surface area contributed by atoms with Gasteiger partial charge in [-0.15, -0.1) is 0 Å². The van der Waals surface area contributed by atoms with Crippen LogP contribution in [0.2, 0.25) is 0 Å². The summed E-state index contributed by atoms with van der Waals surface area (Å²) in [5.74, 6) is -0.808. The van der Waals surface area contributed by atoms with Crippen molar-refractivity contribution < 1.29 is 28.3 Å². The lowest BCUT2D eigenvalue weighted by Crippen LogP contribution is -2.51. The van der Waals surface area contributed by atoms with E-state index >= 15 is 0 Å². The van der Waals surface area contributed by atoms with Crippen LogP contribution in [0.3, 0.4) is 0 Å². The molecule has 3 rings (SSSR count). The van der Waals surface area contributed by atoms with E-state index in [0.717, 1.165) is 35.1 Å². The van der Waals surface area contributed by atoms with Crippen molar-refractivity contribution in [1.29, 1.82) is 0 Å². The maximum Gasteiger partial charge on any atom is 0.417 e. The Morgan fingerprint density at radius 3 is 2.38 bits per heavy atom. The summed E-state index contributed by atoms with van der Waals surface area (Å²) >= 11 is 3.60. The number of esters is 1. The molecule has 8 heteroatoms. The zero-order valence-electron chi connectivity index (χ0n) is 24.0. The second-order valence-electron chi connectivity index (χ2n) is 11.3. The van der Waals surface area contributed by atoms with Gasteiger partial charge in [-0.05, 0) is 60.2 Å². The highest BCUT2D eigenvalue weighted by Crippen LogP contribution is 2.40. The van der Waals surface area contributed by atoms with Crippen LogP contribution in [-0.2, 0) is 31.9 Å². The molecule has 2 heterocycles. The molecule has 0 saturated carbocycles. The highest BCUT2D eigenvalue weighted by Gasteiger charge is 2.54. The van der Waals surface area contributed by atoms with E-state index in [0.29, 0.717) is 5.76 Å². The number of cyclic esters (lactones) is 1. The molecule has 2 amide bonds. The van der Waals surface area contributed by atoms with Crippen LogP contribution in [0.15, 0.2) is 45.3 Å². The third kappa shape index (κ3) is 7.74. The van der Waals surface area contributed by atoms with Crippen LogP contribution in [0.5, 0.6) is 0 Å². The Morgan fingerprint density at radius 1 is 1.10 bits per heavy atom. The van der Waals surface area contributed by atoms with Crippen molar-refractivity contribution in [2.24, 2.45) is 11.8 Å². The lowest BCUT2D eigenvalue weighted by molar-refractivity contribution is -0.156. The molecular weight excluding hydrogens is 562 g/mol. The lowest BCUT2D eigenvalue weighted by Gasteiger charge is -2.34. The smallest absolute Gasteiger partial charge is 0.417 e. The number of furan rings is 1. The molecule has 214 valence electrons. The van der Waals surface area contributed by atoms with Gasteiger partial charge in [0.15, 0.2) is 6.10 Å². The molecule has 0 bridgehead atoms. The molecule has 1 aliphatic rings. The van der Waals surface area contributed by atoms with Crippen molar-refractivity contribution >= 4 is 33.9 Å². The molecule has 39 heavy (non-hydrogen) atoms. The Bertz CT molecular complexity index is 1130. The monoisotopic (exact) mass is 603 g/mol. The van der Waals surface area contributed by atoms with Gasteiger partial charge in [0.1, 0.15) is 17.1 Å². The predicted molar refractivity (Wildman–Crippen MR) is 153 cm³/mol. The number of amides is 2. The fourth-order valence-corrected chi connectivity index (χ4v) is 6.11. The van der Waals surface area contributed by atoms with Crippen molar-refractivity contribution in [3.05, 3.63) is 58.0 Å². The second-order valence-corrected chi connectivity index (χ2v) is 12.1. The number of halogens is 1. The van der Waals surface area contributed by atoms with Gasteiger partial charge in [0.2, 0.25) is 5.91 Å². The summed E-state index contributed by atoms with van der Waals surface area (Å²) in [5, 5.41) is 0. The second kappa shape index (κ2) is 13.6. The van der Waals surface area contributed by atoms with Crippen LogP contribution in [0.4, 0.5) is 4.79 Å². The van der Waals surface area contributed by atoms with Crippen molar-refractivity contribution in [3.63, 3.8) is 0 Å². The van der Waals surface area contributed by atoms with E-state index in [1.807, 2.05) is 58.0 Å². The zero-order valence-corrected chi connectivity index (χ0v) is 25.6. The van der Waals surface area contributed by atoms with Crippen molar-refractivity contribution in [2.45, 2.75) is 104 Å². The Hall–Kier alpha value is -2.61. The number of ether oxygens (including phenoxy) is 2. The molecule has 3 atom stereocenters. The molecule has 1 aromatic heterocycles. The maximum atomic E-state index is 14.3. The van der Waals surface area contributed by atoms with Crippen molar-refractivity contribution in [2.75, 3.05) is 0 Å². The summed E-state index contributed by atoms with van der Waals surface area (Å²) in [4.78, 5) is 40.9. The number of aryl methyl sites for hydroxylation is 1. The van der Waals surface area contributed by atoms with Gasteiger partial charge in [-0.2, -0.15) is 0 Å². The van der Waals surface area contributed by atoms with Crippen molar-refractivity contribution in [1.82, 2.24) is 4.90 Å². The number of hydrogen-bond donors (Lipinski definition) is 0. The normalized spacial score (nSPS) is 18.2. The van der Waals surface area contributed by atoms with Gasteiger partial charge in [-0.25, -0.2) is 9.69 Å². The Kier molecular flexibility index (Phi) is 10.8. The Balaban J connectivity index is 2.00. The summed E-state index contributed by atoms with van der Waals surface area (Å²) < 4.78 is 18.5. The summed E-state index contributed by atoms with van der Waals surface area (Å²) in [7, 11) is 0. The summed E-state index contributed by atoms with van der Waals surface area (Å²) in [5.41, 5.74) is 0.0241. The number of nitrogens with zero attached hydrogens (tertiary/aromatic N) is 1. The quantitative estimate of drug-likeness (QED) is 0.171. The number of carbonyl (C=O) groups is 3. The number of imide groups is 1. The van der Waals surface area contributed by atoms with Crippen LogP contribution in [0, 0.1) is 11.8 Å². The molecule has 1 saturated heterocycles. The number of unbranched alkanes of at least 4 members (excludes halogenated alkanes) is 4. The number of benzene rings is 1. The van der Waals surface area contributed by atoms with E-state index < -0.39 is 41.6 Å². The predicted octanol–water partition coefficient (Wildman–Crippen LogP) is 7.80. The standard InChI is InChI=1S/C31H42BrNO6/c1-7-8-9-10-14-17-25-24(32)19-26(38-25)27(37-21(4)34)23(18-22-15-12-11-13-16-22)29(35)33-28(20(2)3)31(5,6)39-30(33)36/h11-13,15-16,19-20,23,27-28H,7-10,14,17-18H2,1-6H3/t23-,27-,28-/m0/s1. The summed E-state index contributed by atoms with van der Waals surface area (Å²) in [6.07, 6.45) is 4.90. The van der Waals surface area contributed by atoms with Gasteiger partial charge in [0.05, 0.1) is 16.4 Å². The molecular formula is C31H42BrNO6. The van der Waals surface area contributed by atoms with Crippen LogP contribution >= 0.6 is 15.9 Å². The van der Waals surface area contributed by atoms with Crippen LogP contribution in [-0.4, -0.2) is 34.5 Å². The van der Waals surface area contributed by atoms with E-state index in [9.17, 15) is 14.4 Å². The minimum atomic E-state index is -1.02. The summed E-state index contributed by atoms with van der Waals surface area (Å²) in [6.45, 7) is 11.0. The number of rotatable bonds is 13. The van der Waals surface area contributed by atoms with E-state index in [1.54, 1.807) is 6.07 Å². The largest absolute Gasteiger partial charge is 0.461 e. The molecule has 0 unspecified atom stereocenters. The highest BCUT2D eigenvalue weighted by molar-refractivity contribution is 9.10. The average molecular weight is 605 g/mol. The van der Waals surface area contributed by atoms with Crippen LogP contribution in [0.1, 0.15) is 96.8 Å².